The molecule has 2 atom stereocenters. The Morgan fingerprint density at radius 1 is 1.22 bits per heavy atom. The molecule has 0 aliphatic carbocycles. The summed E-state index contributed by atoms with van der Waals surface area (Å²) in [4.78, 5) is 0. The molecular weight excluding hydrogens is 300 g/mol. The van der Waals surface area contributed by atoms with Crippen LogP contribution in [0.5, 0.6) is 0 Å². The first kappa shape index (κ1) is 18.1. The molecular formula is C9H21ClN2O4S2. The van der Waals surface area contributed by atoms with Crippen LogP contribution in [0, 0.1) is 0 Å². The summed E-state index contributed by atoms with van der Waals surface area (Å²) in [5, 5.41) is 3.18. The van der Waals surface area contributed by atoms with E-state index in [1.807, 2.05) is 6.92 Å². The molecule has 1 aliphatic heterocycles. The summed E-state index contributed by atoms with van der Waals surface area (Å²) >= 11 is 0. The van der Waals surface area contributed by atoms with E-state index in [-0.39, 0.29) is 36.0 Å². The average molecular weight is 321 g/mol. The van der Waals surface area contributed by atoms with Crippen molar-refractivity contribution >= 4 is 32.3 Å². The summed E-state index contributed by atoms with van der Waals surface area (Å²) in [7, 11) is -6.76. The quantitative estimate of drug-likeness (QED) is 0.713. The van der Waals surface area contributed by atoms with Gasteiger partial charge in [0.1, 0.15) is 9.84 Å². The van der Waals surface area contributed by atoms with Gasteiger partial charge < -0.3 is 5.32 Å². The van der Waals surface area contributed by atoms with Crippen LogP contribution in [0.2, 0.25) is 0 Å². The minimum Gasteiger partial charge on any atom is -0.313 e. The SMILES string of the molecule is CC1NCCCC1NS(=O)(=O)CCS(C)(=O)=O.Cl. The standard InChI is InChI=1S/C9H20N2O4S2.ClH/c1-8-9(4-3-5-10-8)11-17(14,15)7-6-16(2,12)13;/h8-11H,3-7H2,1-2H3;1H. The highest BCUT2D eigenvalue weighted by molar-refractivity contribution is 7.93. The molecule has 0 saturated carbocycles. The average Bonchev–Trinajstić information content (AvgIpc) is 2.18. The molecule has 0 aromatic rings. The third kappa shape index (κ3) is 6.89. The highest BCUT2D eigenvalue weighted by Gasteiger charge is 2.25. The van der Waals surface area contributed by atoms with Gasteiger partial charge in [-0.1, -0.05) is 0 Å². The second-order valence-electron chi connectivity index (χ2n) is 4.56. The molecule has 0 aromatic heterocycles. The van der Waals surface area contributed by atoms with E-state index in [9.17, 15) is 16.8 Å². The van der Waals surface area contributed by atoms with Gasteiger partial charge in [0.2, 0.25) is 10.0 Å². The fourth-order valence-corrected chi connectivity index (χ4v) is 4.75. The lowest BCUT2D eigenvalue weighted by atomic mass is 10.0. The predicted octanol–water partition coefficient (Wildman–Crippen LogP) is -0.487. The summed E-state index contributed by atoms with van der Waals surface area (Å²) in [6.45, 7) is 2.81. The number of piperidine rings is 1. The first-order valence-corrected chi connectivity index (χ1v) is 9.32. The van der Waals surface area contributed by atoms with Crippen molar-refractivity contribution in [2.75, 3.05) is 24.3 Å². The Morgan fingerprint density at radius 3 is 2.33 bits per heavy atom. The number of sulfonamides is 1. The van der Waals surface area contributed by atoms with Crippen LogP contribution in [0.4, 0.5) is 0 Å². The Labute approximate surface area is 115 Å². The molecule has 0 aromatic carbocycles. The molecule has 1 rings (SSSR count). The van der Waals surface area contributed by atoms with Crippen LogP contribution in [0.3, 0.4) is 0 Å². The van der Waals surface area contributed by atoms with Gasteiger partial charge in [0.15, 0.2) is 0 Å². The van der Waals surface area contributed by atoms with Gasteiger partial charge in [-0.3, -0.25) is 0 Å². The maximum absolute atomic E-state index is 11.7. The number of halogens is 1. The van der Waals surface area contributed by atoms with E-state index in [0.29, 0.717) is 0 Å². The first-order chi connectivity index (χ1) is 7.70. The van der Waals surface area contributed by atoms with Crippen LogP contribution in [0.25, 0.3) is 0 Å². The van der Waals surface area contributed by atoms with Gasteiger partial charge in [0.05, 0.1) is 11.5 Å². The van der Waals surface area contributed by atoms with Gasteiger partial charge in [-0.2, -0.15) is 0 Å². The van der Waals surface area contributed by atoms with E-state index in [4.69, 9.17) is 0 Å². The number of hydrogen-bond donors (Lipinski definition) is 2. The van der Waals surface area contributed by atoms with Crippen LogP contribution in [0.15, 0.2) is 0 Å². The Morgan fingerprint density at radius 2 is 1.83 bits per heavy atom. The largest absolute Gasteiger partial charge is 0.313 e. The van der Waals surface area contributed by atoms with E-state index < -0.39 is 19.9 Å². The monoisotopic (exact) mass is 320 g/mol. The smallest absolute Gasteiger partial charge is 0.212 e. The lowest BCUT2D eigenvalue weighted by Crippen LogP contribution is -2.52. The Bertz CT molecular complexity index is 449. The van der Waals surface area contributed by atoms with Gasteiger partial charge >= 0.3 is 0 Å². The Hall–Kier alpha value is 0.110. The van der Waals surface area contributed by atoms with Crippen molar-refractivity contribution in [1.82, 2.24) is 10.0 Å². The normalized spacial score (nSPS) is 25.4. The fraction of sp³-hybridized carbons (Fsp3) is 1.00. The third-order valence-corrected chi connectivity index (χ3v) is 5.42. The molecule has 6 nitrogen and oxygen atoms in total. The minimum atomic E-state index is -3.52. The van der Waals surface area contributed by atoms with Gasteiger partial charge in [0, 0.05) is 18.3 Å². The molecule has 0 radical (unpaired) electrons. The van der Waals surface area contributed by atoms with Crippen LogP contribution in [0.1, 0.15) is 19.8 Å². The van der Waals surface area contributed by atoms with Crippen molar-refractivity contribution in [3.63, 3.8) is 0 Å². The zero-order valence-corrected chi connectivity index (χ0v) is 13.0. The highest BCUT2D eigenvalue weighted by atomic mass is 35.5. The van der Waals surface area contributed by atoms with E-state index in [2.05, 4.69) is 10.0 Å². The molecule has 1 aliphatic rings. The van der Waals surface area contributed by atoms with Crippen LogP contribution in [-0.2, 0) is 19.9 Å². The topological polar surface area (TPSA) is 92.3 Å². The summed E-state index contributed by atoms with van der Waals surface area (Å²) in [6.07, 6.45) is 2.74. The molecule has 9 heteroatoms. The van der Waals surface area contributed by atoms with E-state index in [1.165, 1.54) is 0 Å². The maximum Gasteiger partial charge on any atom is 0.212 e. The number of hydrogen-bond acceptors (Lipinski definition) is 5. The van der Waals surface area contributed by atoms with Crippen molar-refractivity contribution in [1.29, 1.82) is 0 Å². The molecule has 2 unspecified atom stereocenters. The number of nitrogens with one attached hydrogen (secondary N) is 2. The summed E-state index contributed by atoms with van der Waals surface area (Å²) < 4.78 is 47.8. The van der Waals surface area contributed by atoms with E-state index in [1.54, 1.807) is 0 Å². The lowest BCUT2D eigenvalue weighted by molar-refractivity contribution is 0.349. The van der Waals surface area contributed by atoms with Crippen LogP contribution < -0.4 is 10.0 Å². The van der Waals surface area contributed by atoms with E-state index >= 15 is 0 Å². The molecule has 1 fully saturated rings. The van der Waals surface area contributed by atoms with Gasteiger partial charge in [-0.05, 0) is 26.3 Å². The van der Waals surface area contributed by atoms with Crippen molar-refractivity contribution in [2.24, 2.45) is 0 Å². The predicted molar refractivity (Wildman–Crippen MR) is 74.4 cm³/mol. The van der Waals surface area contributed by atoms with Gasteiger partial charge in [-0.25, -0.2) is 21.6 Å². The summed E-state index contributed by atoms with van der Waals surface area (Å²) in [5.41, 5.74) is 0. The van der Waals surface area contributed by atoms with Crippen LogP contribution >= 0.6 is 12.4 Å². The van der Waals surface area contributed by atoms with Gasteiger partial charge in [0.25, 0.3) is 0 Å². The zero-order valence-electron chi connectivity index (χ0n) is 10.5. The third-order valence-electron chi connectivity index (χ3n) is 2.82. The second-order valence-corrected chi connectivity index (χ2v) is 8.69. The Balaban J connectivity index is 0.00000289. The molecule has 1 saturated heterocycles. The van der Waals surface area contributed by atoms with Crippen molar-refractivity contribution < 1.29 is 16.8 Å². The van der Waals surface area contributed by atoms with Crippen molar-refractivity contribution in [3.05, 3.63) is 0 Å². The lowest BCUT2D eigenvalue weighted by Gasteiger charge is -2.30. The Kier molecular flexibility index (Phi) is 7.09. The molecule has 0 bridgehead atoms. The molecule has 110 valence electrons. The molecule has 1 heterocycles. The summed E-state index contributed by atoms with van der Waals surface area (Å²) in [5.74, 6) is -0.702. The summed E-state index contributed by atoms with van der Waals surface area (Å²) in [6, 6.07) is -0.0648. The highest BCUT2D eigenvalue weighted by Crippen LogP contribution is 2.09. The minimum absolute atomic E-state index is 0. The van der Waals surface area contributed by atoms with Crippen molar-refractivity contribution in [3.8, 4) is 0 Å². The molecule has 0 spiro atoms. The first-order valence-electron chi connectivity index (χ1n) is 5.61. The van der Waals surface area contributed by atoms with E-state index in [0.717, 1.165) is 25.6 Å². The van der Waals surface area contributed by atoms with Crippen LogP contribution in [-0.4, -0.2) is 53.2 Å². The zero-order chi connectivity index (χ0) is 13.1. The molecule has 0 amide bonds. The maximum atomic E-state index is 11.7. The van der Waals surface area contributed by atoms with Gasteiger partial charge in [-0.15, -0.1) is 12.4 Å². The van der Waals surface area contributed by atoms with Crippen molar-refractivity contribution in [2.45, 2.75) is 31.8 Å². The molecule has 2 N–H and O–H groups in total. The number of sulfone groups is 1. The molecule has 18 heavy (non-hydrogen) atoms. The second kappa shape index (κ2) is 7.04. The fourth-order valence-electron chi connectivity index (χ4n) is 1.76. The number of rotatable bonds is 5.